The molecule has 36 heavy (non-hydrogen) atoms. The van der Waals surface area contributed by atoms with Gasteiger partial charge in [0.15, 0.2) is 11.5 Å². The number of ether oxygens (including phenoxy) is 1. The highest BCUT2D eigenvalue weighted by Crippen LogP contribution is 2.25. The second-order valence-electron chi connectivity index (χ2n) is 9.10. The van der Waals surface area contributed by atoms with E-state index in [-0.39, 0.29) is 29.2 Å². The van der Waals surface area contributed by atoms with Gasteiger partial charge in [-0.15, -0.1) is 0 Å². The Hall–Kier alpha value is -4.61. The first-order chi connectivity index (χ1) is 17.1. The predicted octanol–water partition coefficient (Wildman–Crippen LogP) is 3.62. The zero-order valence-electron chi connectivity index (χ0n) is 20.0. The first kappa shape index (κ1) is 23.1. The van der Waals surface area contributed by atoms with Gasteiger partial charge in [0.25, 0.3) is 5.56 Å². The summed E-state index contributed by atoms with van der Waals surface area (Å²) in [6.07, 6.45) is 2.00. The van der Waals surface area contributed by atoms with Crippen LogP contribution in [0.3, 0.4) is 0 Å². The van der Waals surface area contributed by atoms with Crippen molar-refractivity contribution in [2.45, 2.75) is 32.9 Å². The van der Waals surface area contributed by atoms with Crippen molar-refractivity contribution in [2.75, 3.05) is 0 Å². The van der Waals surface area contributed by atoms with Crippen molar-refractivity contribution in [1.82, 2.24) is 34.3 Å². The zero-order valence-corrected chi connectivity index (χ0v) is 20.0. The molecule has 1 aromatic carbocycles. The van der Waals surface area contributed by atoms with E-state index in [4.69, 9.17) is 9.26 Å². The van der Waals surface area contributed by atoms with Crippen LogP contribution in [-0.4, -0.2) is 46.0 Å². The van der Waals surface area contributed by atoms with Gasteiger partial charge in [-0.2, -0.15) is 9.78 Å². The molecule has 5 rings (SSSR count). The molecule has 4 aromatic heterocycles. The van der Waals surface area contributed by atoms with E-state index in [1.165, 1.54) is 25.6 Å². The van der Waals surface area contributed by atoms with E-state index in [0.29, 0.717) is 22.6 Å². The van der Waals surface area contributed by atoms with E-state index >= 15 is 0 Å². The molecule has 0 spiro atoms. The molecule has 0 bridgehead atoms. The number of fused-ring (bicyclic) bond motifs is 1. The number of aromatic nitrogens is 7. The van der Waals surface area contributed by atoms with Gasteiger partial charge in [-0.1, -0.05) is 23.4 Å². The van der Waals surface area contributed by atoms with Crippen LogP contribution in [0, 0.1) is 5.82 Å². The lowest BCUT2D eigenvalue weighted by atomic mass is 10.2. The summed E-state index contributed by atoms with van der Waals surface area (Å²) in [4.78, 5) is 34.3. The van der Waals surface area contributed by atoms with Gasteiger partial charge in [-0.05, 0) is 32.9 Å². The number of hydrogen-bond acceptors (Lipinski definition) is 8. The Kier molecular flexibility index (Phi) is 5.50. The molecule has 12 heteroatoms. The standard InChI is InChI=1S/C24H22FN7O4/c1-24(2,3)36-23(34)32-21-15(22(33)30(32)4)12-26-20(27-21)18-11-19(17-9-10-35-29-17)31(28-18)13-14-7-5-6-8-16(14)25/h5-12H,13H2,1-4H3. The van der Waals surface area contributed by atoms with Gasteiger partial charge < -0.3 is 9.26 Å². The third kappa shape index (κ3) is 4.17. The van der Waals surface area contributed by atoms with Crippen molar-refractivity contribution in [1.29, 1.82) is 0 Å². The van der Waals surface area contributed by atoms with Crippen molar-refractivity contribution in [2.24, 2.45) is 7.05 Å². The summed E-state index contributed by atoms with van der Waals surface area (Å²) in [5.74, 6) is -0.216. The molecule has 0 N–H and O–H groups in total. The molecular weight excluding hydrogens is 469 g/mol. The third-order valence-corrected chi connectivity index (χ3v) is 5.35. The maximum atomic E-state index is 14.4. The Morgan fingerprint density at radius 3 is 2.64 bits per heavy atom. The number of rotatable bonds is 4. The Balaban J connectivity index is 1.63. The third-order valence-electron chi connectivity index (χ3n) is 5.35. The normalized spacial score (nSPS) is 11.8. The minimum absolute atomic E-state index is 0.0772. The lowest BCUT2D eigenvalue weighted by Crippen LogP contribution is -2.32. The highest BCUT2D eigenvalue weighted by Gasteiger charge is 2.25. The van der Waals surface area contributed by atoms with Crippen LogP contribution in [0.15, 0.2) is 58.2 Å². The van der Waals surface area contributed by atoms with Crippen molar-refractivity contribution < 1.29 is 18.4 Å². The van der Waals surface area contributed by atoms with E-state index in [0.717, 1.165) is 9.36 Å². The second-order valence-corrected chi connectivity index (χ2v) is 9.10. The Morgan fingerprint density at radius 1 is 1.17 bits per heavy atom. The Labute approximate surface area is 203 Å². The molecule has 0 amide bonds. The molecule has 0 atom stereocenters. The van der Waals surface area contributed by atoms with Crippen LogP contribution in [0.4, 0.5) is 9.18 Å². The molecule has 0 fully saturated rings. The first-order valence-electron chi connectivity index (χ1n) is 11.0. The number of carbonyl (C=O) groups excluding carboxylic acids is 1. The molecule has 11 nitrogen and oxygen atoms in total. The number of nitrogens with zero attached hydrogens (tertiary/aromatic N) is 7. The van der Waals surface area contributed by atoms with E-state index < -0.39 is 17.3 Å². The van der Waals surface area contributed by atoms with Gasteiger partial charge in [0.1, 0.15) is 34.5 Å². The molecule has 4 heterocycles. The number of benzene rings is 1. The fourth-order valence-electron chi connectivity index (χ4n) is 3.72. The minimum atomic E-state index is -0.780. The fourth-order valence-corrected chi connectivity index (χ4v) is 3.72. The summed E-state index contributed by atoms with van der Waals surface area (Å²) >= 11 is 0. The van der Waals surface area contributed by atoms with Gasteiger partial charge in [-0.3, -0.25) is 9.48 Å². The van der Waals surface area contributed by atoms with E-state index in [1.54, 1.807) is 55.8 Å². The summed E-state index contributed by atoms with van der Waals surface area (Å²) in [6, 6.07) is 9.71. The monoisotopic (exact) mass is 491 g/mol. The van der Waals surface area contributed by atoms with Crippen molar-refractivity contribution in [3.63, 3.8) is 0 Å². The lowest BCUT2D eigenvalue weighted by Gasteiger charge is -2.20. The highest BCUT2D eigenvalue weighted by atomic mass is 19.1. The van der Waals surface area contributed by atoms with E-state index in [1.807, 2.05) is 0 Å². The summed E-state index contributed by atoms with van der Waals surface area (Å²) in [5, 5.41) is 8.70. The molecular formula is C24H22FN7O4. The smallest absolute Gasteiger partial charge is 0.435 e. The fraction of sp³-hybridized carbons (Fsp3) is 0.250. The highest BCUT2D eigenvalue weighted by molar-refractivity contribution is 5.85. The molecule has 0 aliphatic rings. The molecule has 5 aromatic rings. The summed E-state index contributed by atoms with van der Waals surface area (Å²) in [6.45, 7) is 5.29. The van der Waals surface area contributed by atoms with Gasteiger partial charge in [0.2, 0.25) is 0 Å². The predicted molar refractivity (Wildman–Crippen MR) is 127 cm³/mol. The molecule has 0 aliphatic heterocycles. The number of carbonyl (C=O) groups is 1. The Morgan fingerprint density at radius 2 is 1.94 bits per heavy atom. The molecule has 0 saturated carbocycles. The molecule has 184 valence electrons. The van der Waals surface area contributed by atoms with Crippen LogP contribution in [0.5, 0.6) is 0 Å². The van der Waals surface area contributed by atoms with Gasteiger partial charge in [-0.25, -0.2) is 23.8 Å². The Bertz CT molecular complexity index is 1640. The van der Waals surface area contributed by atoms with Gasteiger partial charge in [0, 0.05) is 24.9 Å². The molecule has 0 radical (unpaired) electrons. The molecule has 0 saturated heterocycles. The van der Waals surface area contributed by atoms with E-state index in [9.17, 15) is 14.0 Å². The van der Waals surface area contributed by atoms with Crippen molar-refractivity contribution in [3.05, 3.63) is 70.6 Å². The van der Waals surface area contributed by atoms with Crippen LogP contribution >= 0.6 is 0 Å². The summed E-state index contributed by atoms with van der Waals surface area (Å²) in [7, 11) is 1.44. The van der Waals surface area contributed by atoms with Gasteiger partial charge >= 0.3 is 6.09 Å². The number of halogens is 1. The van der Waals surface area contributed by atoms with E-state index in [2.05, 4.69) is 20.2 Å². The maximum Gasteiger partial charge on any atom is 0.435 e. The minimum Gasteiger partial charge on any atom is -0.442 e. The van der Waals surface area contributed by atoms with Crippen LogP contribution in [-0.2, 0) is 18.3 Å². The second kappa shape index (κ2) is 8.56. The first-order valence-corrected chi connectivity index (χ1v) is 11.0. The summed E-state index contributed by atoms with van der Waals surface area (Å²) < 4.78 is 28.5. The SMILES string of the molecule is Cn1c(=O)c2cnc(-c3cc(-c4ccon4)n(Cc4ccccc4F)n3)nc2n1C(=O)OC(C)(C)C. The quantitative estimate of drug-likeness (QED) is 0.374. The average Bonchev–Trinajstić information content (AvgIpc) is 3.53. The molecule has 0 aliphatic carbocycles. The van der Waals surface area contributed by atoms with Crippen molar-refractivity contribution in [3.8, 4) is 22.9 Å². The maximum absolute atomic E-state index is 14.4. The lowest BCUT2D eigenvalue weighted by molar-refractivity contribution is 0.0502. The van der Waals surface area contributed by atoms with Crippen LogP contribution in [0.1, 0.15) is 26.3 Å². The topological polar surface area (TPSA) is 123 Å². The van der Waals surface area contributed by atoms with Crippen LogP contribution in [0.25, 0.3) is 33.9 Å². The average molecular weight is 491 g/mol. The van der Waals surface area contributed by atoms with Crippen molar-refractivity contribution >= 4 is 17.1 Å². The van der Waals surface area contributed by atoms with Crippen LogP contribution in [0.2, 0.25) is 0 Å². The van der Waals surface area contributed by atoms with Crippen LogP contribution < -0.4 is 5.56 Å². The zero-order chi connectivity index (χ0) is 25.6. The molecule has 0 unspecified atom stereocenters. The number of hydrogen-bond donors (Lipinski definition) is 0. The van der Waals surface area contributed by atoms with Gasteiger partial charge in [0.05, 0.1) is 12.2 Å². The largest absolute Gasteiger partial charge is 0.442 e. The summed E-state index contributed by atoms with van der Waals surface area (Å²) in [5.41, 5.74) is 0.634.